The number of aryl methyl sites for hydroxylation is 1. The van der Waals surface area contributed by atoms with Crippen LogP contribution >= 0.6 is 11.6 Å². The van der Waals surface area contributed by atoms with Gasteiger partial charge in [-0.3, -0.25) is 4.79 Å². The summed E-state index contributed by atoms with van der Waals surface area (Å²) in [5.41, 5.74) is 1.45. The van der Waals surface area contributed by atoms with Gasteiger partial charge in [0.1, 0.15) is 5.82 Å². The molecule has 0 unspecified atom stereocenters. The van der Waals surface area contributed by atoms with Crippen molar-refractivity contribution >= 4 is 33.2 Å². The van der Waals surface area contributed by atoms with Gasteiger partial charge in [0.15, 0.2) is 0 Å². The van der Waals surface area contributed by atoms with E-state index in [1.165, 1.54) is 6.92 Å². The summed E-state index contributed by atoms with van der Waals surface area (Å²) in [6.45, 7) is 2.77. The second kappa shape index (κ2) is 7.29. The molecule has 0 saturated carbocycles. The van der Waals surface area contributed by atoms with Crippen molar-refractivity contribution in [1.29, 1.82) is 0 Å². The smallest absolute Gasteiger partial charge is 0.241 e. The first-order chi connectivity index (χ1) is 11.2. The summed E-state index contributed by atoms with van der Waals surface area (Å²) in [5, 5.41) is 3.08. The summed E-state index contributed by atoms with van der Waals surface area (Å²) in [6, 6.07) is 8.36. The molecule has 8 heteroatoms. The number of carbonyl (C=O) groups is 1. The summed E-state index contributed by atoms with van der Waals surface area (Å²) < 4.78 is 39.7. The largest absolute Gasteiger partial charge is 0.325 e. The molecule has 0 saturated heterocycles. The molecule has 0 aliphatic heterocycles. The Morgan fingerprint density at radius 3 is 2.58 bits per heavy atom. The van der Waals surface area contributed by atoms with Gasteiger partial charge in [-0.2, -0.15) is 0 Å². The van der Waals surface area contributed by atoms with Crippen molar-refractivity contribution < 1.29 is 17.6 Å². The number of hydrogen-bond acceptors (Lipinski definition) is 3. The molecule has 0 aliphatic rings. The van der Waals surface area contributed by atoms with Crippen molar-refractivity contribution in [1.82, 2.24) is 4.72 Å². The van der Waals surface area contributed by atoms with Crippen LogP contribution in [0.4, 0.5) is 10.1 Å². The number of halogens is 2. The summed E-state index contributed by atoms with van der Waals surface area (Å²) >= 11 is 5.96. The van der Waals surface area contributed by atoms with Crippen LogP contribution < -0.4 is 10.0 Å². The minimum Gasteiger partial charge on any atom is -0.325 e. The highest BCUT2D eigenvalue weighted by Crippen LogP contribution is 2.22. The van der Waals surface area contributed by atoms with Gasteiger partial charge in [0.05, 0.1) is 11.4 Å². The van der Waals surface area contributed by atoms with E-state index in [0.717, 1.165) is 18.2 Å². The maximum Gasteiger partial charge on any atom is 0.241 e. The van der Waals surface area contributed by atoms with Gasteiger partial charge in [-0.1, -0.05) is 17.7 Å². The Morgan fingerprint density at radius 1 is 1.21 bits per heavy atom. The van der Waals surface area contributed by atoms with Crippen LogP contribution in [0.3, 0.4) is 0 Å². The molecule has 0 bridgehead atoms. The Kier molecular flexibility index (Phi) is 5.58. The number of rotatable bonds is 5. The fraction of sp³-hybridized carbons (Fsp3) is 0.188. The maximum atomic E-state index is 13.1. The van der Waals surface area contributed by atoms with E-state index in [4.69, 9.17) is 11.6 Å². The molecule has 2 N–H and O–H groups in total. The van der Waals surface area contributed by atoms with Gasteiger partial charge in [0, 0.05) is 10.7 Å². The number of anilines is 1. The summed E-state index contributed by atoms with van der Waals surface area (Å²) in [5.74, 6) is -1.07. The SMILES string of the molecule is Cc1cc(F)ccc1S(=O)(=O)NCC(=O)Nc1cccc(Cl)c1C. The van der Waals surface area contributed by atoms with E-state index in [0.29, 0.717) is 16.3 Å². The first-order valence-corrected chi connectivity index (χ1v) is 8.87. The highest BCUT2D eigenvalue weighted by atomic mass is 35.5. The van der Waals surface area contributed by atoms with E-state index in [2.05, 4.69) is 10.0 Å². The van der Waals surface area contributed by atoms with Crippen molar-refractivity contribution in [2.45, 2.75) is 18.7 Å². The lowest BCUT2D eigenvalue weighted by Crippen LogP contribution is -2.33. The third-order valence-electron chi connectivity index (χ3n) is 3.39. The molecular weight excluding hydrogens is 355 g/mol. The van der Waals surface area contributed by atoms with Crippen LogP contribution in [0.1, 0.15) is 11.1 Å². The number of sulfonamides is 1. The van der Waals surface area contributed by atoms with Gasteiger partial charge in [-0.15, -0.1) is 0 Å². The molecule has 0 heterocycles. The van der Waals surface area contributed by atoms with Crippen LogP contribution in [0, 0.1) is 19.7 Å². The molecular formula is C16H16ClFN2O3S. The van der Waals surface area contributed by atoms with E-state index in [1.807, 2.05) is 0 Å². The fourth-order valence-corrected chi connectivity index (χ4v) is 3.47. The minimum absolute atomic E-state index is 0.0735. The highest BCUT2D eigenvalue weighted by Gasteiger charge is 2.18. The number of carbonyl (C=O) groups excluding carboxylic acids is 1. The zero-order valence-electron chi connectivity index (χ0n) is 13.1. The fourth-order valence-electron chi connectivity index (χ4n) is 2.09. The molecule has 5 nitrogen and oxygen atoms in total. The molecule has 0 spiro atoms. The average molecular weight is 371 g/mol. The maximum absolute atomic E-state index is 13.1. The van der Waals surface area contributed by atoms with E-state index in [-0.39, 0.29) is 10.5 Å². The molecule has 2 aromatic rings. The monoisotopic (exact) mass is 370 g/mol. The van der Waals surface area contributed by atoms with Crippen molar-refractivity contribution in [3.8, 4) is 0 Å². The first-order valence-electron chi connectivity index (χ1n) is 7.01. The second-order valence-electron chi connectivity index (χ2n) is 5.19. The van der Waals surface area contributed by atoms with Gasteiger partial charge >= 0.3 is 0 Å². The Bertz CT molecular complexity index is 885. The van der Waals surface area contributed by atoms with Crippen molar-refractivity contribution in [2.75, 3.05) is 11.9 Å². The average Bonchev–Trinajstić information content (AvgIpc) is 2.49. The van der Waals surface area contributed by atoms with Gasteiger partial charge in [0.25, 0.3) is 0 Å². The number of nitrogens with one attached hydrogen (secondary N) is 2. The lowest BCUT2D eigenvalue weighted by Gasteiger charge is -2.11. The van der Waals surface area contributed by atoms with Crippen LogP contribution in [0.2, 0.25) is 5.02 Å². The Labute approximate surface area is 144 Å². The van der Waals surface area contributed by atoms with Crippen LogP contribution in [0.5, 0.6) is 0 Å². The Morgan fingerprint density at radius 2 is 1.92 bits per heavy atom. The van der Waals surface area contributed by atoms with Gasteiger partial charge in [-0.05, 0) is 55.3 Å². The molecule has 128 valence electrons. The lowest BCUT2D eigenvalue weighted by atomic mass is 10.2. The first kappa shape index (κ1) is 18.4. The number of benzene rings is 2. The van der Waals surface area contributed by atoms with E-state index in [9.17, 15) is 17.6 Å². The normalized spacial score (nSPS) is 11.3. The van der Waals surface area contributed by atoms with Crippen LogP contribution in [-0.2, 0) is 14.8 Å². The number of hydrogen-bond donors (Lipinski definition) is 2. The second-order valence-corrected chi connectivity index (χ2v) is 7.34. The van der Waals surface area contributed by atoms with Gasteiger partial charge < -0.3 is 5.32 Å². The summed E-state index contributed by atoms with van der Waals surface area (Å²) in [6.07, 6.45) is 0. The molecule has 2 rings (SSSR count). The highest BCUT2D eigenvalue weighted by molar-refractivity contribution is 7.89. The van der Waals surface area contributed by atoms with Crippen molar-refractivity contribution in [3.63, 3.8) is 0 Å². The topological polar surface area (TPSA) is 75.3 Å². The zero-order chi connectivity index (χ0) is 17.9. The molecule has 0 aromatic heterocycles. The van der Waals surface area contributed by atoms with Crippen molar-refractivity contribution in [2.24, 2.45) is 0 Å². The molecule has 0 fully saturated rings. The third kappa shape index (κ3) is 4.31. The molecule has 0 radical (unpaired) electrons. The lowest BCUT2D eigenvalue weighted by molar-refractivity contribution is -0.115. The Hall–Kier alpha value is -1.96. The predicted molar refractivity (Wildman–Crippen MR) is 91.1 cm³/mol. The molecule has 0 aliphatic carbocycles. The van der Waals surface area contributed by atoms with Crippen LogP contribution in [0.15, 0.2) is 41.3 Å². The Balaban J connectivity index is 2.06. The van der Waals surface area contributed by atoms with Crippen molar-refractivity contribution in [3.05, 3.63) is 58.4 Å². The van der Waals surface area contributed by atoms with E-state index < -0.39 is 28.3 Å². The standard InChI is InChI=1S/C16H16ClFN2O3S/c1-10-8-12(18)6-7-15(10)24(22,23)19-9-16(21)20-14-5-3-4-13(17)11(14)2/h3-8,19H,9H2,1-2H3,(H,20,21). The number of amides is 1. The van der Waals surface area contributed by atoms with Crippen LogP contribution in [-0.4, -0.2) is 20.9 Å². The molecule has 0 atom stereocenters. The summed E-state index contributed by atoms with van der Waals surface area (Å²) in [4.78, 5) is 11.9. The molecule has 1 amide bonds. The quantitative estimate of drug-likeness (QED) is 0.849. The van der Waals surface area contributed by atoms with Crippen LogP contribution in [0.25, 0.3) is 0 Å². The van der Waals surface area contributed by atoms with Gasteiger partial charge in [-0.25, -0.2) is 17.5 Å². The van der Waals surface area contributed by atoms with E-state index in [1.54, 1.807) is 25.1 Å². The van der Waals surface area contributed by atoms with E-state index >= 15 is 0 Å². The third-order valence-corrected chi connectivity index (χ3v) is 5.36. The zero-order valence-corrected chi connectivity index (χ0v) is 14.6. The molecule has 24 heavy (non-hydrogen) atoms. The van der Waals surface area contributed by atoms with Gasteiger partial charge in [0.2, 0.25) is 15.9 Å². The minimum atomic E-state index is -3.92. The predicted octanol–water partition coefficient (Wildman–Crippen LogP) is 3.01. The molecule has 2 aromatic carbocycles. The summed E-state index contributed by atoms with van der Waals surface area (Å²) in [7, 11) is -3.92.